The number of terminal acetylenes is 1. The maximum absolute atomic E-state index is 5.26. The fourth-order valence-corrected chi connectivity index (χ4v) is 0.679. The first-order chi connectivity index (χ1) is 5.40. The molecule has 1 unspecified atom stereocenters. The van der Waals surface area contributed by atoms with Crippen LogP contribution >= 0.6 is 0 Å². The minimum absolute atomic E-state index is 0.183. The van der Waals surface area contributed by atoms with Crippen LogP contribution in [0.1, 0.15) is 34.6 Å². The summed E-state index contributed by atoms with van der Waals surface area (Å²) in [7, 11) is 0. The van der Waals surface area contributed by atoms with Crippen LogP contribution < -0.4 is 5.32 Å². The molecule has 0 amide bonds. The van der Waals surface area contributed by atoms with Crippen LogP contribution in [0.3, 0.4) is 0 Å². The van der Waals surface area contributed by atoms with E-state index >= 15 is 0 Å². The summed E-state index contributed by atoms with van der Waals surface area (Å²) < 4.78 is 0. The van der Waals surface area contributed by atoms with Crippen molar-refractivity contribution in [3.05, 3.63) is 0 Å². The molecule has 1 atom stereocenters. The van der Waals surface area contributed by atoms with Crippen molar-refractivity contribution in [2.45, 2.75) is 40.7 Å². The van der Waals surface area contributed by atoms with Gasteiger partial charge in [-0.25, -0.2) is 0 Å². The lowest BCUT2D eigenvalue weighted by Crippen LogP contribution is -2.37. The molecule has 0 aromatic carbocycles. The molecule has 12 heavy (non-hydrogen) atoms. The fourth-order valence-electron chi connectivity index (χ4n) is 0.679. The van der Waals surface area contributed by atoms with E-state index in [1.54, 1.807) is 0 Å². The summed E-state index contributed by atoms with van der Waals surface area (Å²) >= 11 is 0. The van der Waals surface area contributed by atoms with E-state index in [2.05, 4.69) is 38.9 Å². The number of rotatable bonds is 4. The minimum atomic E-state index is 0.183. The van der Waals surface area contributed by atoms with E-state index in [0.717, 1.165) is 6.54 Å². The topological polar surface area (TPSA) is 12.0 Å². The van der Waals surface area contributed by atoms with Gasteiger partial charge in [0.15, 0.2) is 0 Å². The third kappa shape index (κ3) is 3.78. The molecule has 0 spiro atoms. The largest absolute Gasteiger partial charge is 0.303 e. The predicted molar refractivity (Wildman–Crippen MR) is 54.9 cm³/mol. The van der Waals surface area contributed by atoms with Crippen molar-refractivity contribution < 1.29 is 0 Å². The molecule has 70 valence electrons. The van der Waals surface area contributed by atoms with Gasteiger partial charge in [0.25, 0.3) is 0 Å². The summed E-state index contributed by atoms with van der Waals surface area (Å²) in [4.78, 5) is 0. The van der Waals surface area contributed by atoms with Gasteiger partial charge < -0.3 is 5.32 Å². The molecule has 1 N–H and O–H groups in total. The van der Waals surface area contributed by atoms with Gasteiger partial charge in [0.1, 0.15) is 0 Å². The summed E-state index contributed by atoms with van der Waals surface area (Å²) in [6.07, 6.45) is 5.26. The Morgan fingerprint density at radius 3 is 2.17 bits per heavy atom. The summed E-state index contributed by atoms with van der Waals surface area (Å²) in [6, 6.07) is 0.183. The van der Waals surface area contributed by atoms with E-state index < -0.39 is 0 Å². The molecule has 0 saturated carbocycles. The quantitative estimate of drug-likeness (QED) is 0.633. The molecule has 0 aromatic rings. The SMILES string of the molecule is C#CC(C)NCC(C)(C)C(C)C. The Balaban J connectivity index is 3.85. The van der Waals surface area contributed by atoms with E-state index in [4.69, 9.17) is 6.42 Å². The summed E-state index contributed by atoms with van der Waals surface area (Å²) in [5.74, 6) is 3.34. The van der Waals surface area contributed by atoms with Crippen LogP contribution in [-0.4, -0.2) is 12.6 Å². The Labute approximate surface area is 76.9 Å². The summed E-state index contributed by atoms with van der Waals surface area (Å²) in [5, 5.41) is 3.32. The molecule has 0 radical (unpaired) electrons. The van der Waals surface area contributed by atoms with Crippen LogP contribution in [0.5, 0.6) is 0 Å². The highest BCUT2D eigenvalue weighted by molar-refractivity contribution is 4.96. The highest BCUT2D eigenvalue weighted by Crippen LogP contribution is 2.24. The molecule has 0 heterocycles. The van der Waals surface area contributed by atoms with Gasteiger partial charge in [-0.15, -0.1) is 6.42 Å². The highest BCUT2D eigenvalue weighted by atomic mass is 14.9. The second-order valence-corrected chi connectivity index (χ2v) is 4.41. The molecule has 0 aliphatic rings. The molecule has 1 heteroatoms. The van der Waals surface area contributed by atoms with Crippen LogP contribution in [0.25, 0.3) is 0 Å². The van der Waals surface area contributed by atoms with Gasteiger partial charge in [-0.2, -0.15) is 0 Å². The van der Waals surface area contributed by atoms with Crippen molar-refractivity contribution in [2.75, 3.05) is 6.54 Å². The second kappa shape index (κ2) is 4.52. The zero-order chi connectivity index (χ0) is 9.78. The van der Waals surface area contributed by atoms with Gasteiger partial charge in [-0.05, 0) is 18.3 Å². The third-order valence-electron chi connectivity index (χ3n) is 2.68. The zero-order valence-electron chi connectivity index (χ0n) is 8.94. The van der Waals surface area contributed by atoms with E-state index in [9.17, 15) is 0 Å². The molecule has 0 aliphatic heterocycles. The smallest absolute Gasteiger partial charge is 0.0658 e. The van der Waals surface area contributed by atoms with Crippen LogP contribution in [0.4, 0.5) is 0 Å². The van der Waals surface area contributed by atoms with E-state index in [-0.39, 0.29) is 6.04 Å². The molecule has 0 saturated heterocycles. The summed E-state index contributed by atoms with van der Waals surface area (Å²) in [5.41, 5.74) is 0.325. The molecule has 0 aromatic heterocycles. The molecule has 0 rings (SSSR count). The maximum atomic E-state index is 5.26. The lowest BCUT2D eigenvalue weighted by Gasteiger charge is -2.30. The van der Waals surface area contributed by atoms with Crippen LogP contribution in [0.2, 0.25) is 0 Å². The lowest BCUT2D eigenvalue weighted by atomic mass is 9.81. The third-order valence-corrected chi connectivity index (χ3v) is 2.68. The van der Waals surface area contributed by atoms with Crippen molar-refractivity contribution in [3.8, 4) is 12.3 Å². The first-order valence-electron chi connectivity index (χ1n) is 4.59. The molecule has 1 nitrogen and oxygen atoms in total. The Kier molecular flexibility index (Phi) is 4.34. The van der Waals surface area contributed by atoms with Crippen LogP contribution in [0, 0.1) is 23.7 Å². The molecular weight excluding hydrogens is 146 g/mol. The summed E-state index contributed by atoms with van der Waals surface area (Å²) in [6.45, 7) is 12.0. The van der Waals surface area contributed by atoms with Crippen molar-refractivity contribution >= 4 is 0 Å². The van der Waals surface area contributed by atoms with E-state index in [0.29, 0.717) is 11.3 Å². The van der Waals surface area contributed by atoms with Crippen molar-refractivity contribution in [3.63, 3.8) is 0 Å². The average molecular weight is 167 g/mol. The van der Waals surface area contributed by atoms with Gasteiger partial charge in [-0.1, -0.05) is 33.6 Å². The molecule has 0 fully saturated rings. The molecule has 0 bridgehead atoms. The fraction of sp³-hybridized carbons (Fsp3) is 0.818. The van der Waals surface area contributed by atoms with Crippen LogP contribution in [-0.2, 0) is 0 Å². The molecule has 0 aliphatic carbocycles. The van der Waals surface area contributed by atoms with Crippen molar-refractivity contribution in [2.24, 2.45) is 11.3 Å². The van der Waals surface area contributed by atoms with Gasteiger partial charge >= 0.3 is 0 Å². The van der Waals surface area contributed by atoms with Crippen LogP contribution in [0.15, 0.2) is 0 Å². The second-order valence-electron chi connectivity index (χ2n) is 4.41. The average Bonchev–Trinajstić information content (AvgIpc) is 2.00. The van der Waals surface area contributed by atoms with E-state index in [1.165, 1.54) is 0 Å². The predicted octanol–water partition coefficient (Wildman–Crippen LogP) is 2.28. The highest BCUT2D eigenvalue weighted by Gasteiger charge is 2.21. The van der Waals surface area contributed by atoms with Gasteiger partial charge in [-0.3, -0.25) is 0 Å². The first-order valence-corrected chi connectivity index (χ1v) is 4.59. The Morgan fingerprint density at radius 1 is 1.33 bits per heavy atom. The Bertz CT molecular complexity index is 162. The van der Waals surface area contributed by atoms with Gasteiger partial charge in [0.2, 0.25) is 0 Å². The van der Waals surface area contributed by atoms with Crippen molar-refractivity contribution in [1.29, 1.82) is 0 Å². The Hall–Kier alpha value is -0.480. The standard InChI is InChI=1S/C11H21N/c1-7-10(4)12-8-11(5,6)9(2)3/h1,9-10,12H,8H2,2-6H3. The zero-order valence-corrected chi connectivity index (χ0v) is 8.94. The van der Waals surface area contributed by atoms with Gasteiger partial charge in [0.05, 0.1) is 6.04 Å². The van der Waals surface area contributed by atoms with Gasteiger partial charge in [0, 0.05) is 6.54 Å². The monoisotopic (exact) mass is 167 g/mol. The lowest BCUT2D eigenvalue weighted by molar-refractivity contribution is 0.235. The van der Waals surface area contributed by atoms with Crippen molar-refractivity contribution in [1.82, 2.24) is 5.32 Å². The maximum Gasteiger partial charge on any atom is 0.0658 e. The number of hydrogen-bond acceptors (Lipinski definition) is 1. The van der Waals surface area contributed by atoms with E-state index in [1.807, 2.05) is 6.92 Å². The Morgan fingerprint density at radius 2 is 1.83 bits per heavy atom. The minimum Gasteiger partial charge on any atom is -0.303 e. The number of hydrogen-bond donors (Lipinski definition) is 1. The normalized spacial score (nSPS) is 14.4. The number of nitrogens with one attached hydrogen (secondary N) is 1. The first kappa shape index (κ1) is 11.5. The molecular formula is C11H21N.